The molecule has 1 aliphatic rings. The molecular formula is C20H20BrN3O3S2. The van der Waals surface area contributed by atoms with E-state index in [4.69, 9.17) is 0 Å². The summed E-state index contributed by atoms with van der Waals surface area (Å²) in [7, 11) is -3.74. The van der Waals surface area contributed by atoms with Crippen molar-refractivity contribution in [2.45, 2.75) is 36.7 Å². The number of nitrogens with one attached hydrogen (secondary N) is 1. The zero-order chi connectivity index (χ0) is 20.4. The predicted octanol–water partition coefficient (Wildman–Crippen LogP) is 3.92. The average Bonchev–Trinajstić information content (AvgIpc) is 3.15. The Morgan fingerprint density at radius 2 is 1.93 bits per heavy atom. The number of hydrogen-bond donors (Lipinski definition) is 1. The van der Waals surface area contributed by atoms with E-state index in [9.17, 15) is 13.2 Å². The molecule has 4 rings (SSSR count). The molecule has 0 radical (unpaired) electrons. The fourth-order valence-electron chi connectivity index (χ4n) is 3.47. The van der Waals surface area contributed by atoms with Crippen LogP contribution in [0.4, 0.5) is 0 Å². The van der Waals surface area contributed by atoms with Crippen molar-refractivity contribution < 1.29 is 13.2 Å². The van der Waals surface area contributed by atoms with E-state index in [0.29, 0.717) is 19.5 Å². The van der Waals surface area contributed by atoms with Gasteiger partial charge in [0.05, 0.1) is 21.7 Å². The first-order chi connectivity index (χ1) is 13.9. The third-order valence-corrected chi connectivity index (χ3v) is 8.42. The molecule has 1 amide bonds. The molecule has 2 heterocycles. The molecule has 2 aromatic carbocycles. The van der Waals surface area contributed by atoms with Crippen LogP contribution in [0.1, 0.15) is 24.3 Å². The molecule has 1 aliphatic heterocycles. The second-order valence-corrected chi connectivity index (χ2v) is 10.8. The SMILES string of the molecule is O=C(NCc1nc2ccccc2s1)C1CCCCN1S(=O)(=O)c1ccc(Br)cc1. The van der Waals surface area contributed by atoms with Crippen molar-refractivity contribution in [1.29, 1.82) is 0 Å². The van der Waals surface area contributed by atoms with E-state index in [0.717, 1.165) is 32.5 Å². The summed E-state index contributed by atoms with van der Waals surface area (Å²) in [4.78, 5) is 17.6. The third-order valence-electron chi connectivity index (χ3n) is 4.93. The normalized spacial score (nSPS) is 18.0. The average molecular weight is 494 g/mol. The molecule has 0 bridgehead atoms. The van der Waals surface area contributed by atoms with E-state index in [2.05, 4.69) is 26.2 Å². The van der Waals surface area contributed by atoms with E-state index in [-0.39, 0.29) is 10.8 Å². The minimum atomic E-state index is -3.74. The van der Waals surface area contributed by atoms with Crippen LogP contribution < -0.4 is 5.32 Å². The maximum absolute atomic E-state index is 13.1. The van der Waals surface area contributed by atoms with E-state index in [1.165, 1.54) is 15.6 Å². The van der Waals surface area contributed by atoms with Gasteiger partial charge in [0.15, 0.2) is 0 Å². The van der Waals surface area contributed by atoms with Crippen LogP contribution in [0.3, 0.4) is 0 Å². The van der Waals surface area contributed by atoms with Crippen LogP contribution in [0.25, 0.3) is 10.2 Å². The van der Waals surface area contributed by atoms with Gasteiger partial charge in [-0.25, -0.2) is 13.4 Å². The lowest BCUT2D eigenvalue weighted by Gasteiger charge is -2.33. The zero-order valence-electron chi connectivity index (χ0n) is 15.5. The molecule has 6 nitrogen and oxygen atoms in total. The molecule has 9 heteroatoms. The first kappa shape index (κ1) is 20.5. The first-order valence-electron chi connectivity index (χ1n) is 9.35. The lowest BCUT2D eigenvalue weighted by Crippen LogP contribution is -2.51. The second kappa shape index (κ2) is 8.51. The number of halogens is 1. The number of amides is 1. The van der Waals surface area contributed by atoms with Crippen LogP contribution in [0.15, 0.2) is 57.9 Å². The fraction of sp³-hybridized carbons (Fsp3) is 0.300. The first-order valence-corrected chi connectivity index (χ1v) is 12.4. The van der Waals surface area contributed by atoms with E-state index in [1.54, 1.807) is 24.3 Å². The Morgan fingerprint density at radius 1 is 1.17 bits per heavy atom. The van der Waals surface area contributed by atoms with E-state index >= 15 is 0 Å². The third kappa shape index (κ3) is 4.37. The highest BCUT2D eigenvalue weighted by atomic mass is 79.9. The Hall–Kier alpha value is -1.81. The number of benzene rings is 2. The Bertz CT molecular complexity index is 1100. The number of para-hydroxylation sites is 1. The number of carbonyl (C=O) groups is 1. The monoisotopic (exact) mass is 493 g/mol. The van der Waals surface area contributed by atoms with Crippen molar-refractivity contribution in [1.82, 2.24) is 14.6 Å². The van der Waals surface area contributed by atoms with Gasteiger partial charge in [-0.2, -0.15) is 4.31 Å². The van der Waals surface area contributed by atoms with E-state index < -0.39 is 16.1 Å². The summed E-state index contributed by atoms with van der Waals surface area (Å²) in [6, 6.07) is 13.6. The fourth-order valence-corrected chi connectivity index (χ4v) is 6.30. The van der Waals surface area contributed by atoms with Gasteiger partial charge in [0.1, 0.15) is 11.0 Å². The van der Waals surface area contributed by atoms with Gasteiger partial charge in [-0.3, -0.25) is 4.79 Å². The van der Waals surface area contributed by atoms with Crippen LogP contribution in [-0.2, 0) is 21.4 Å². The summed E-state index contributed by atoms with van der Waals surface area (Å²) >= 11 is 4.85. The van der Waals surface area contributed by atoms with Crippen molar-refractivity contribution in [3.63, 3.8) is 0 Å². The van der Waals surface area contributed by atoms with Crippen LogP contribution in [-0.4, -0.2) is 36.2 Å². The molecule has 3 aromatic rings. The molecule has 152 valence electrons. The maximum Gasteiger partial charge on any atom is 0.243 e. The van der Waals surface area contributed by atoms with E-state index in [1.807, 2.05) is 24.3 Å². The van der Waals surface area contributed by atoms with Crippen molar-refractivity contribution >= 4 is 53.4 Å². The number of piperidine rings is 1. The highest BCUT2D eigenvalue weighted by Gasteiger charge is 2.37. The van der Waals surface area contributed by atoms with Gasteiger partial charge in [0.25, 0.3) is 0 Å². The van der Waals surface area contributed by atoms with Crippen LogP contribution in [0, 0.1) is 0 Å². The number of fused-ring (bicyclic) bond motifs is 1. The minimum absolute atomic E-state index is 0.201. The number of sulfonamides is 1. The van der Waals surface area contributed by atoms with Crippen LogP contribution in [0.5, 0.6) is 0 Å². The standard InChI is InChI=1S/C20H20BrN3O3S2/c21-14-8-10-15(11-9-14)29(26,27)24-12-4-3-6-17(24)20(25)22-13-19-23-16-5-1-2-7-18(16)28-19/h1-2,5,7-11,17H,3-4,6,12-13H2,(H,22,25). The second-order valence-electron chi connectivity index (χ2n) is 6.87. The molecule has 1 aromatic heterocycles. The van der Waals surface area contributed by atoms with Crippen molar-refractivity contribution in [3.05, 3.63) is 58.0 Å². The molecular weight excluding hydrogens is 474 g/mol. The summed E-state index contributed by atoms with van der Waals surface area (Å²) in [5.41, 5.74) is 0.902. The Balaban J connectivity index is 1.50. The molecule has 0 aliphatic carbocycles. The minimum Gasteiger partial charge on any atom is -0.348 e. The largest absolute Gasteiger partial charge is 0.348 e. The van der Waals surface area contributed by atoms with Gasteiger partial charge in [0, 0.05) is 11.0 Å². The van der Waals surface area contributed by atoms with Crippen molar-refractivity contribution in [2.24, 2.45) is 0 Å². The molecule has 29 heavy (non-hydrogen) atoms. The maximum atomic E-state index is 13.1. The Morgan fingerprint density at radius 3 is 2.69 bits per heavy atom. The summed E-state index contributed by atoms with van der Waals surface area (Å²) in [6.45, 7) is 0.637. The van der Waals surface area contributed by atoms with Gasteiger partial charge in [0.2, 0.25) is 15.9 Å². The van der Waals surface area contributed by atoms with Crippen molar-refractivity contribution in [3.8, 4) is 0 Å². The number of thiazole rings is 1. The van der Waals surface area contributed by atoms with Gasteiger partial charge in [-0.1, -0.05) is 34.5 Å². The zero-order valence-corrected chi connectivity index (χ0v) is 18.8. The molecule has 1 unspecified atom stereocenters. The highest BCUT2D eigenvalue weighted by Crippen LogP contribution is 2.27. The van der Waals surface area contributed by atoms with Gasteiger partial charge < -0.3 is 5.32 Å². The Kier molecular flexibility index (Phi) is 6.00. The number of carbonyl (C=O) groups excluding carboxylic acids is 1. The molecule has 1 saturated heterocycles. The topological polar surface area (TPSA) is 79.4 Å². The molecule has 0 saturated carbocycles. The predicted molar refractivity (Wildman–Crippen MR) is 117 cm³/mol. The Labute approximate surface area is 182 Å². The van der Waals surface area contributed by atoms with Gasteiger partial charge >= 0.3 is 0 Å². The van der Waals surface area contributed by atoms with Crippen molar-refractivity contribution in [2.75, 3.05) is 6.54 Å². The van der Waals surface area contributed by atoms with Gasteiger partial charge in [-0.15, -0.1) is 11.3 Å². The number of nitrogens with zero attached hydrogens (tertiary/aromatic N) is 2. The number of aromatic nitrogens is 1. The molecule has 0 spiro atoms. The lowest BCUT2D eigenvalue weighted by atomic mass is 10.0. The number of rotatable bonds is 5. The molecule has 1 atom stereocenters. The van der Waals surface area contributed by atoms with Crippen LogP contribution in [0.2, 0.25) is 0 Å². The molecule has 1 N–H and O–H groups in total. The van der Waals surface area contributed by atoms with Crippen LogP contribution >= 0.6 is 27.3 Å². The summed E-state index contributed by atoms with van der Waals surface area (Å²) in [5.74, 6) is -0.273. The highest BCUT2D eigenvalue weighted by molar-refractivity contribution is 9.10. The summed E-state index contributed by atoms with van der Waals surface area (Å²) in [6.07, 6.45) is 2.09. The summed E-state index contributed by atoms with van der Waals surface area (Å²) < 4.78 is 29.5. The number of hydrogen-bond acceptors (Lipinski definition) is 5. The quantitative estimate of drug-likeness (QED) is 0.583. The van der Waals surface area contributed by atoms with Gasteiger partial charge in [-0.05, 0) is 49.2 Å². The summed E-state index contributed by atoms with van der Waals surface area (Å²) in [5, 5.41) is 3.69. The smallest absolute Gasteiger partial charge is 0.243 e. The molecule has 1 fully saturated rings. The lowest BCUT2D eigenvalue weighted by molar-refractivity contribution is -0.125.